The quantitative estimate of drug-likeness (QED) is 0.795. The minimum absolute atomic E-state index is 0.747. The third-order valence-electron chi connectivity index (χ3n) is 2.82. The Morgan fingerprint density at radius 2 is 2.00 bits per heavy atom. The molecule has 1 N–H and O–H groups in total. The van der Waals surface area contributed by atoms with Crippen molar-refractivity contribution in [3.8, 4) is 0 Å². The van der Waals surface area contributed by atoms with Crippen LogP contribution in [0.1, 0.15) is 16.5 Å². The van der Waals surface area contributed by atoms with Crippen molar-refractivity contribution in [2.75, 3.05) is 12.4 Å². The summed E-state index contributed by atoms with van der Waals surface area (Å²) in [7, 11) is 1.86. The maximum atomic E-state index is 4.63. The Kier molecular flexibility index (Phi) is 3.13. The zero-order valence-electron chi connectivity index (χ0n) is 10.8. The molecule has 0 aliphatic carbocycles. The van der Waals surface area contributed by atoms with E-state index >= 15 is 0 Å². The fourth-order valence-corrected chi connectivity index (χ4v) is 2.98. The first kappa shape index (κ1) is 12.0. The van der Waals surface area contributed by atoms with Crippen LogP contribution in [0.5, 0.6) is 0 Å². The number of thiazole rings is 1. The Balaban J connectivity index is 1.94. The van der Waals surface area contributed by atoms with Gasteiger partial charge in [0, 0.05) is 19.5 Å². The van der Waals surface area contributed by atoms with E-state index in [0.717, 1.165) is 34.3 Å². The number of benzene rings is 1. The summed E-state index contributed by atoms with van der Waals surface area (Å²) in [5, 5.41) is 4.14. The molecule has 3 aromatic rings. The van der Waals surface area contributed by atoms with Crippen molar-refractivity contribution in [3.05, 3.63) is 46.9 Å². The molecule has 0 atom stereocenters. The van der Waals surface area contributed by atoms with E-state index in [1.54, 1.807) is 11.3 Å². The minimum atomic E-state index is 0.747. The topological polar surface area (TPSA) is 50.7 Å². The highest BCUT2D eigenvalue weighted by molar-refractivity contribution is 7.18. The molecule has 2 heterocycles. The normalized spacial score (nSPS) is 10.8. The lowest BCUT2D eigenvalue weighted by molar-refractivity contribution is 0.965. The van der Waals surface area contributed by atoms with Gasteiger partial charge in [0.15, 0.2) is 0 Å². The first-order valence-electron chi connectivity index (χ1n) is 6.11. The van der Waals surface area contributed by atoms with E-state index in [0.29, 0.717) is 0 Å². The first-order valence-corrected chi connectivity index (χ1v) is 6.93. The van der Waals surface area contributed by atoms with Crippen molar-refractivity contribution in [2.24, 2.45) is 0 Å². The molecule has 0 saturated carbocycles. The molecule has 2 aromatic heterocycles. The van der Waals surface area contributed by atoms with E-state index < -0.39 is 0 Å². The fourth-order valence-electron chi connectivity index (χ4n) is 2.00. The van der Waals surface area contributed by atoms with Crippen LogP contribution >= 0.6 is 11.3 Å². The van der Waals surface area contributed by atoms with E-state index in [4.69, 9.17) is 0 Å². The molecule has 0 amide bonds. The summed E-state index contributed by atoms with van der Waals surface area (Å²) in [6.07, 6.45) is 0.747. The Morgan fingerprint density at radius 3 is 2.79 bits per heavy atom. The first-order chi connectivity index (χ1) is 9.24. The molecule has 0 radical (unpaired) electrons. The second kappa shape index (κ2) is 4.93. The standard InChI is InChI=1S/C14H14N4S/c1-9-16-10(7-13(15-2)17-9)8-14-18-11-5-3-4-6-12(11)19-14/h3-7H,8H2,1-2H3,(H,15,16,17). The molecular weight excluding hydrogens is 256 g/mol. The van der Waals surface area contributed by atoms with E-state index in [9.17, 15) is 0 Å². The number of hydrogen-bond acceptors (Lipinski definition) is 5. The summed E-state index contributed by atoms with van der Waals surface area (Å²) >= 11 is 1.72. The van der Waals surface area contributed by atoms with Crippen molar-refractivity contribution >= 4 is 27.4 Å². The Labute approximate surface area is 115 Å². The number of anilines is 1. The zero-order chi connectivity index (χ0) is 13.2. The molecule has 0 unspecified atom stereocenters. The Morgan fingerprint density at radius 1 is 1.16 bits per heavy atom. The molecule has 0 bridgehead atoms. The number of aromatic nitrogens is 3. The van der Waals surface area contributed by atoms with Crippen LogP contribution in [0.15, 0.2) is 30.3 Å². The van der Waals surface area contributed by atoms with Crippen LogP contribution in [0.4, 0.5) is 5.82 Å². The third-order valence-corrected chi connectivity index (χ3v) is 3.85. The number of nitrogens with zero attached hydrogens (tertiary/aromatic N) is 3. The summed E-state index contributed by atoms with van der Waals surface area (Å²) in [5.74, 6) is 1.63. The number of rotatable bonds is 3. The number of para-hydroxylation sites is 1. The zero-order valence-corrected chi connectivity index (χ0v) is 11.7. The highest BCUT2D eigenvalue weighted by atomic mass is 32.1. The van der Waals surface area contributed by atoms with Crippen LogP contribution in [-0.2, 0) is 6.42 Å². The molecule has 5 heteroatoms. The minimum Gasteiger partial charge on any atom is -0.373 e. The van der Waals surface area contributed by atoms with Crippen LogP contribution in [-0.4, -0.2) is 22.0 Å². The van der Waals surface area contributed by atoms with Gasteiger partial charge in [-0.15, -0.1) is 11.3 Å². The lowest BCUT2D eigenvalue weighted by Crippen LogP contribution is -2.01. The molecule has 3 rings (SSSR count). The highest BCUT2D eigenvalue weighted by Crippen LogP contribution is 2.23. The van der Waals surface area contributed by atoms with Gasteiger partial charge in [-0.3, -0.25) is 0 Å². The molecular formula is C14H14N4S. The molecule has 0 aliphatic rings. The lowest BCUT2D eigenvalue weighted by atomic mass is 10.3. The van der Waals surface area contributed by atoms with Crippen molar-refractivity contribution in [1.29, 1.82) is 0 Å². The lowest BCUT2D eigenvalue weighted by Gasteiger charge is -2.03. The van der Waals surface area contributed by atoms with Gasteiger partial charge in [0.1, 0.15) is 11.6 Å². The van der Waals surface area contributed by atoms with Gasteiger partial charge in [0.25, 0.3) is 0 Å². The van der Waals surface area contributed by atoms with Crippen LogP contribution < -0.4 is 5.32 Å². The van der Waals surface area contributed by atoms with Gasteiger partial charge in [-0.1, -0.05) is 12.1 Å². The Hall–Kier alpha value is -2.01. The second-order valence-corrected chi connectivity index (χ2v) is 5.41. The van der Waals surface area contributed by atoms with E-state index in [1.807, 2.05) is 38.2 Å². The summed E-state index contributed by atoms with van der Waals surface area (Å²) in [6, 6.07) is 10.2. The number of nitrogens with one attached hydrogen (secondary N) is 1. The van der Waals surface area contributed by atoms with Gasteiger partial charge in [-0.25, -0.2) is 15.0 Å². The number of fused-ring (bicyclic) bond motifs is 1. The van der Waals surface area contributed by atoms with Crippen LogP contribution in [0, 0.1) is 6.92 Å². The predicted molar refractivity (Wildman–Crippen MR) is 78.7 cm³/mol. The molecule has 0 spiro atoms. The third kappa shape index (κ3) is 2.56. The molecule has 4 nitrogen and oxygen atoms in total. The van der Waals surface area contributed by atoms with Crippen molar-refractivity contribution < 1.29 is 0 Å². The molecule has 96 valence electrons. The van der Waals surface area contributed by atoms with E-state index in [1.165, 1.54) is 4.70 Å². The maximum absolute atomic E-state index is 4.63. The van der Waals surface area contributed by atoms with Crippen LogP contribution in [0.2, 0.25) is 0 Å². The van der Waals surface area contributed by atoms with Crippen molar-refractivity contribution in [3.63, 3.8) is 0 Å². The molecule has 19 heavy (non-hydrogen) atoms. The smallest absolute Gasteiger partial charge is 0.129 e. The van der Waals surface area contributed by atoms with Crippen molar-refractivity contribution in [1.82, 2.24) is 15.0 Å². The fraction of sp³-hybridized carbons (Fsp3) is 0.214. The van der Waals surface area contributed by atoms with Gasteiger partial charge >= 0.3 is 0 Å². The number of aryl methyl sites for hydroxylation is 1. The van der Waals surface area contributed by atoms with Crippen LogP contribution in [0.25, 0.3) is 10.2 Å². The second-order valence-electron chi connectivity index (χ2n) is 4.29. The Bertz CT molecular complexity index is 687. The summed E-state index contributed by atoms with van der Waals surface area (Å²) < 4.78 is 1.22. The summed E-state index contributed by atoms with van der Waals surface area (Å²) in [6.45, 7) is 1.91. The number of hydrogen-bond donors (Lipinski definition) is 1. The average molecular weight is 270 g/mol. The predicted octanol–water partition coefficient (Wildman–Crippen LogP) is 3.03. The molecule has 0 saturated heterocycles. The monoisotopic (exact) mass is 270 g/mol. The largest absolute Gasteiger partial charge is 0.373 e. The van der Waals surface area contributed by atoms with E-state index in [-0.39, 0.29) is 0 Å². The van der Waals surface area contributed by atoms with Gasteiger partial charge < -0.3 is 5.32 Å². The van der Waals surface area contributed by atoms with Gasteiger partial charge in [-0.05, 0) is 19.1 Å². The van der Waals surface area contributed by atoms with Crippen molar-refractivity contribution in [2.45, 2.75) is 13.3 Å². The SMILES string of the molecule is CNc1cc(Cc2nc3ccccc3s2)nc(C)n1. The molecule has 0 aliphatic heterocycles. The summed E-state index contributed by atoms with van der Waals surface area (Å²) in [5.41, 5.74) is 2.05. The highest BCUT2D eigenvalue weighted by Gasteiger charge is 2.07. The summed E-state index contributed by atoms with van der Waals surface area (Å²) in [4.78, 5) is 13.4. The van der Waals surface area contributed by atoms with E-state index in [2.05, 4.69) is 26.3 Å². The average Bonchev–Trinajstić information content (AvgIpc) is 2.80. The maximum Gasteiger partial charge on any atom is 0.129 e. The van der Waals surface area contributed by atoms with Gasteiger partial charge in [0.05, 0.1) is 20.9 Å². The van der Waals surface area contributed by atoms with Crippen LogP contribution in [0.3, 0.4) is 0 Å². The van der Waals surface area contributed by atoms with Gasteiger partial charge in [0.2, 0.25) is 0 Å². The molecule has 1 aromatic carbocycles. The van der Waals surface area contributed by atoms with Gasteiger partial charge in [-0.2, -0.15) is 0 Å². The molecule has 0 fully saturated rings.